The molecule has 5 heteroatoms. The predicted octanol–water partition coefficient (Wildman–Crippen LogP) is 3.47. The number of hydrogen-bond donors (Lipinski definition) is 0. The number of likely N-dealkylation sites (N-methyl/N-ethyl adjacent to an activating group) is 1. The number of carbonyl (C=O) groups excluding carboxylic acids is 1. The highest BCUT2D eigenvalue weighted by Crippen LogP contribution is 2.29. The molecule has 0 saturated carbocycles. The summed E-state index contributed by atoms with van der Waals surface area (Å²) in [7, 11) is -1.37. The summed E-state index contributed by atoms with van der Waals surface area (Å²) in [6.45, 7) is 5.13. The monoisotopic (exact) mass is 321 g/mol. The first-order valence-electron chi connectivity index (χ1n) is 6.96. The summed E-state index contributed by atoms with van der Waals surface area (Å²) >= 11 is 1.43. The molecule has 1 aromatic heterocycles. The van der Waals surface area contributed by atoms with Gasteiger partial charge in [0.15, 0.2) is 0 Å². The molecule has 2 rings (SSSR count). The van der Waals surface area contributed by atoms with Gasteiger partial charge in [0.2, 0.25) is 5.91 Å². The first-order valence-corrected chi connectivity index (χ1v) is 9.06. The molecule has 0 aliphatic carbocycles. The number of hydrogen-bond acceptors (Lipinski definition) is 3. The molecule has 1 aromatic carbocycles. The average molecular weight is 321 g/mol. The van der Waals surface area contributed by atoms with Gasteiger partial charge in [-0.05, 0) is 30.9 Å². The van der Waals surface area contributed by atoms with E-state index in [2.05, 4.69) is 0 Å². The Labute approximate surface area is 132 Å². The minimum Gasteiger partial charge on any atom is -0.342 e. The van der Waals surface area contributed by atoms with Gasteiger partial charge in [0.05, 0.1) is 15.0 Å². The molecule has 0 bridgehead atoms. The van der Waals surface area contributed by atoms with Gasteiger partial charge in [-0.3, -0.25) is 9.00 Å². The molecule has 0 N–H and O–H groups in total. The summed E-state index contributed by atoms with van der Waals surface area (Å²) in [6, 6.07) is 13.1. The van der Waals surface area contributed by atoms with Crippen molar-refractivity contribution in [3.8, 4) is 0 Å². The van der Waals surface area contributed by atoms with E-state index >= 15 is 0 Å². The normalized spacial score (nSPS) is 13.6. The molecular weight excluding hydrogens is 302 g/mol. The van der Waals surface area contributed by atoms with E-state index in [1.807, 2.05) is 61.7 Å². The zero-order chi connectivity index (χ0) is 15.2. The molecule has 0 radical (unpaired) electrons. The lowest BCUT2D eigenvalue weighted by molar-refractivity contribution is -0.130. The third kappa shape index (κ3) is 3.60. The van der Waals surface area contributed by atoms with Crippen LogP contribution in [0.3, 0.4) is 0 Å². The minimum atomic E-state index is -1.37. The van der Waals surface area contributed by atoms with Crippen LogP contribution in [0.2, 0.25) is 0 Å². The van der Waals surface area contributed by atoms with Crippen molar-refractivity contribution in [2.75, 3.05) is 13.1 Å². The molecule has 0 fully saturated rings. The number of thiophene rings is 1. The van der Waals surface area contributed by atoms with Crippen molar-refractivity contribution >= 4 is 28.0 Å². The number of carbonyl (C=O) groups is 1. The van der Waals surface area contributed by atoms with Crippen molar-refractivity contribution in [2.24, 2.45) is 0 Å². The second-order valence-electron chi connectivity index (χ2n) is 4.53. The summed E-state index contributed by atoms with van der Waals surface area (Å²) < 4.78 is 13.6. The molecule has 0 unspecified atom stereocenters. The maximum Gasteiger partial charge on any atom is 0.243 e. The molecule has 21 heavy (non-hydrogen) atoms. The Morgan fingerprint density at radius 3 is 2.33 bits per heavy atom. The van der Waals surface area contributed by atoms with Crippen LogP contribution < -0.4 is 0 Å². The molecule has 1 amide bonds. The van der Waals surface area contributed by atoms with E-state index in [1.54, 1.807) is 4.90 Å². The van der Waals surface area contributed by atoms with Crippen LogP contribution in [0.4, 0.5) is 0 Å². The number of rotatable bonds is 6. The van der Waals surface area contributed by atoms with E-state index in [4.69, 9.17) is 0 Å². The van der Waals surface area contributed by atoms with Crippen molar-refractivity contribution in [1.29, 1.82) is 0 Å². The van der Waals surface area contributed by atoms with Crippen molar-refractivity contribution < 1.29 is 9.00 Å². The van der Waals surface area contributed by atoms with E-state index in [0.29, 0.717) is 13.1 Å². The Balaban J connectivity index is 2.40. The standard InChI is InChI=1S/C16H19NO2S2/c1-3-17(4-2)16(18)15(13-9-6-5-7-10-13)21(19)14-11-8-12-20-14/h5-12,15H,3-4H2,1-2H3/t15-,21-/m0/s1. The number of benzene rings is 1. The van der Waals surface area contributed by atoms with Crippen LogP contribution >= 0.6 is 11.3 Å². The molecule has 2 atom stereocenters. The molecule has 0 aliphatic rings. The quantitative estimate of drug-likeness (QED) is 0.817. The Morgan fingerprint density at radius 1 is 1.14 bits per heavy atom. The van der Waals surface area contributed by atoms with Crippen LogP contribution in [-0.2, 0) is 15.6 Å². The maximum atomic E-state index is 12.9. The lowest BCUT2D eigenvalue weighted by Gasteiger charge is -2.24. The van der Waals surface area contributed by atoms with E-state index in [9.17, 15) is 9.00 Å². The fraction of sp³-hybridized carbons (Fsp3) is 0.312. The van der Waals surface area contributed by atoms with Gasteiger partial charge in [0.25, 0.3) is 0 Å². The number of nitrogens with zero attached hydrogens (tertiary/aromatic N) is 1. The van der Waals surface area contributed by atoms with Gasteiger partial charge in [-0.25, -0.2) is 0 Å². The third-order valence-electron chi connectivity index (χ3n) is 3.31. The second kappa shape index (κ2) is 7.52. The van der Waals surface area contributed by atoms with Gasteiger partial charge in [0.1, 0.15) is 5.25 Å². The Morgan fingerprint density at radius 2 is 1.81 bits per heavy atom. The van der Waals surface area contributed by atoms with Gasteiger partial charge in [-0.1, -0.05) is 36.4 Å². The van der Waals surface area contributed by atoms with Crippen LogP contribution in [0, 0.1) is 0 Å². The van der Waals surface area contributed by atoms with Gasteiger partial charge in [-0.15, -0.1) is 11.3 Å². The van der Waals surface area contributed by atoms with E-state index in [1.165, 1.54) is 11.3 Å². The highest BCUT2D eigenvalue weighted by Gasteiger charge is 2.31. The lowest BCUT2D eigenvalue weighted by atomic mass is 10.1. The topological polar surface area (TPSA) is 37.4 Å². The summed E-state index contributed by atoms with van der Waals surface area (Å²) in [4.78, 5) is 14.5. The van der Waals surface area contributed by atoms with Crippen molar-refractivity contribution in [3.63, 3.8) is 0 Å². The van der Waals surface area contributed by atoms with Gasteiger partial charge >= 0.3 is 0 Å². The molecule has 1 heterocycles. The highest BCUT2D eigenvalue weighted by atomic mass is 32.2. The number of amides is 1. The molecule has 2 aromatic rings. The zero-order valence-corrected chi connectivity index (χ0v) is 13.8. The van der Waals surface area contributed by atoms with E-state index in [0.717, 1.165) is 9.77 Å². The van der Waals surface area contributed by atoms with Crippen molar-refractivity contribution in [2.45, 2.75) is 23.3 Å². The van der Waals surface area contributed by atoms with E-state index < -0.39 is 16.0 Å². The summed E-state index contributed by atoms with van der Waals surface area (Å²) in [5.74, 6) is -0.0714. The smallest absolute Gasteiger partial charge is 0.243 e. The van der Waals surface area contributed by atoms with Crippen LogP contribution in [0.15, 0.2) is 52.1 Å². The first-order chi connectivity index (χ1) is 10.2. The third-order valence-corrected chi connectivity index (χ3v) is 6.19. The second-order valence-corrected chi connectivity index (χ2v) is 7.24. The van der Waals surface area contributed by atoms with Gasteiger partial charge in [0, 0.05) is 13.1 Å². The Kier molecular flexibility index (Phi) is 5.70. The molecular formula is C16H19NO2S2. The Hall–Kier alpha value is -1.46. The zero-order valence-electron chi connectivity index (χ0n) is 12.2. The predicted molar refractivity (Wildman–Crippen MR) is 87.8 cm³/mol. The molecule has 112 valence electrons. The fourth-order valence-corrected chi connectivity index (χ4v) is 4.65. The summed E-state index contributed by atoms with van der Waals surface area (Å²) in [6.07, 6.45) is 0. The van der Waals surface area contributed by atoms with Gasteiger partial charge < -0.3 is 4.90 Å². The first kappa shape index (κ1) is 15.9. The van der Waals surface area contributed by atoms with Crippen LogP contribution in [0.25, 0.3) is 0 Å². The minimum absolute atomic E-state index is 0.0714. The fourth-order valence-electron chi connectivity index (χ4n) is 2.18. The van der Waals surface area contributed by atoms with Crippen molar-refractivity contribution in [3.05, 3.63) is 53.4 Å². The SMILES string of the molecule is CCN(CC)C(=O)[C@H](c1ccccc1)[S@@](=O)c1cccs1. The maximum absolute atomic E-state index is 12.9. The highest BCUT2D eigenvalue weighted by molar-refractivity contribution is 7.88. The Bertz CT molecular complexity index is 592. The molecule has 0 aliphatic heterocycles. The average Bonchev–Trinajstić information content (AvgIpc) is 3.04. The summed E-state index contributed by atoms with van der Waals surface area (Å²) in [5, 5.41) is 1.25. The van der Waals surface area contributed by atoms with E-state index in [-0.39, 0.29) is 5.91 Å². The van der Waals surface area contributed by atoms with Crippen LogP contribution in [-0.4, -0.2) is 28.1 Å². The molecule has 3 nitrogen and oxygen atoms in total. The van der Waals surface area contributed by atoms with Crippen molar-refractivity contribution in [1.82, 2.24) is 4.90 Å². The van der Waals surface area contributed by atoms with Gasteiger partial charge in [-0.2, -0.15) is 0 Å². The largest absolute Gasteiger partial charge is 0.342 e. The summed E-state index contributed by atoms with van der Waals surface area (Å²) in [5.41, 5.74) is 0.807. The molecule has 0 spiro atoms. The van der Waals surface area contributed by atoms with Crippen LogP contribution in [0.5, 0.6) is 0 Å². The van der Waals surface area contributed by atoms with Crippen LogP contribution in [0.1, 0.15) is 24.7 Å². The lowest BCUT2D eigenvalue weighted by Crippen LogP contribution is -2.36. The molecule has 0 saturated heterocycles.